The minimum atomic E-state index is -0.193. The summed E-state index contributed by atoms with van der Waals surface area (Å²) < 4.78 is 17.1. The fourth-order valence-corrected chi connectivity index (χ4v) is 6.34. The number of fused-ring (bicyclic) bond motifs is 1. The van der Waals surface area contributed by atoms with Gasteiger partial charge in [-0.2, -0.15) is 0 Å². The van der Waals surface area contributed by atoms with Crippen LogP contribution in [0.4, 0.5) is 27.2 Å². The first-order chi connectivity index (χ1) is 23.4. The molecule has 0 aliphatic carbocycles. The van der Waals surface area contributed by atoms with Crippen molar-refractivity contribution in [3.63, 3.8) is 0 Å². The largest absolute Gasteiger partial charge is 0.494 e. The zero-order valence-corrected chi connectivity index (χ0v) is 29.6. The Bertz CT molecular complexity index is 1590. The van der Waals surface area contributed by atoms with Crippen LogP contribution in [-0.4, -0.2) is 50.3 Å². The molecule has 0 amide bonds. The standard InChI is InChI=1S/C35H44N6O5S2/c1-4-32(42)45-23-12-10-8-6-7-9-11-22-44-29-19-15-27(16-20-29)37-39-31-25-30-34(48-31)36-35(47-30)40-38-26-13-17-28(18-14-26)41(3)21-24-46-33(43)5-2/h13-20,25H,4-12,21-24H2,1-3H3. The van der Waals surface area contributed by atoms with E-state index in [1.165, 1.54) is 41.9 Å². The number of benzene rings is 2. The average Bonchev–Trinajstić information content (AvgIpc) is 3.68. The van der Waals surface area contributed by atoms with Crippen LogP contribution >= 0.6 is 22.7 Å². The third kappa shape index (κ3) is 12.8. The molecule has 48 heavy (non-hydrogen) atoms. The summed E-state index contributed by atoms with van der Waals surface area (Å²) in [6.07, 6.45) is 8.60. The first-order valence-electron chi connectivity index (χ1n) is 16.5. The number of thiazole rings is 1. The van der Waals surface area contributed by atoms with Gasteiger partial charge in [-0.1, -0.05) is 68.6 Å². The Balaban J connectivity index is 1.13. The van der Waals surface area contributed by atoms with Gasteiger partial charge in [0.2, 0.25) is 5.13 Å². The maximum absolute atomic E-state index is 11.3. The van der Waals surface area contributed by atoms with Crippen molar-refractivity contribution in [2.45, 2.75) is 71.6 Å². The number of esters is 2. The Hall–Kier alpha value is -4.23. The van der Waals surface area contributed by atoms with E-state index in [0.29, 0.717) is 44.3 Å². The maximum atomic E-state index is 11.3. The van der Waals surface area contributed by atoms with E-state index < -0.39 is 0 Å². The van der Waals surface area contributed by atoms with Gasteiger partial charge in [-0.3, -0.25) is 9.59 Å². The SMILES string of the molecule is CCC(=O)OCCCCCCCCCOc1ccc(N=Nc2cc3sc(N=Nc4ccc(N(C)CCOC(=O)CC)cc4)nc3s2)cc1. The number of nitrogens with zero attached hydrogens (tertiary/aromatic N) is 6. The Morgan fingerprint density at radius 1 is 0.708 bits per heavy atom. The number of ether oxygens (including phenoxy) is 3. The minimum Gasteiger partial charge on any atom is -0.494 e. The number of rotatable bonds is 21. The number of likely N-dealkylation sites (N-methyl/N-ethyl adjacent to an activating group) is 1. The fourth-order valence-electron chi connectivity index (χ4n) is 4.49. The Kier molecular flexibility index (Phi) is 15.4. The molecule has 4 rings (SSSR count). The number of hydrogen-bond donors (Lipinski definition) is 0. The van der Waals surface area contributed by atoms with Crippen molar-refractivity contribution in [2.75, 3.05) is 38.3 Å². The first-order valence-corrected chi connectivity index (χ1v) is 18.2. The Morgan fingerprint density at radius 3 is 1.94 bits per heavy atom. The van der Waals surface area contributed by atoms with E-state index in [1.807, 2.05) is 73.5 Å². The topological polar surface area (TPSA) is 127 Å². The van der Waals surface area contributed by atoms with Gasteiger partial charge in [0.15, 0.2) is 0 Å². The van der Waals surface area contributed by atoms with Gasteiger partial charge in [0.1, 0.15) is 22.2 Å². The highest BCUT2D eigenvalue weighted by Crippen LogP contribution is 2.39. The highest BCUT2D eigenvalue weighted by molar-refractivity contribution is 7.30. The summed E-state index contributed by atoms with van der Waals surface area (Å²) in [5.74, 6) is 0.520. The molecular formula is C35H44N6O5S2. The zero-order valence-electron chi connectivity index (χ0n) is 27.9. The molecule has 256 valence electrons. The summed E-state index contributed by atoms with van der Waals surface area (Å²) in [7, 11) is 1.95. The van der Waals surface area contributed by atoms with Crippen molar-refractivity contribution in [3.05, 3.63) is 54.6 Å². The average molecular weight is 693 g/mol. The Morgan fingerprint density at radius 2 is 1.29 bits per heavy atom. The summed E-state index contributed by atoms with van der Waals surface area (Å²) in [6, 6.07) is 17.3. The number of hydrogen-bond acceptors (Lipinski definition) is 13. The molecule has 0 bridgehead atoms. The molecule has 0 saturated carbocycles. The van der Waals surface area contributed by atoms with Crippen LogP contribution in [0.1, 0.15) is 71.6 Å². The number of carbonyl (C=O) groups excluding carboxylic acids is 2. The molecule has 0 aliphatic rings. The molecule has 0 aliphatic heterocycles. The second kappa shape index (κ2) is 20.2. The van der Waals surface area contributed by atoms with Gasteiger partial charge in [0, 0.05) is 25.6 Å². The van der Waals surface area contributed by atoms with Gasteiger partial charge >= 0.3 is 11.9 Å². The molecule has 2 aromatic heterocycles. The van der Waals surface area contributed by atoms with Crippen LogP contribution in [-0.2, 0) is 19.1 Å². The monoisotopic (exact) mass is 692 g/mol. The van der Waals surface area contributed by atoms with E-state index in [4.69, 9.17) is 14.2 Å². The molecule has 0 atom stereocenters. The van der Waals surface area contributed by atoms with Crippen molar-refractivity contribution in [2.24, 2.45) is 20.5 Å². The highest BCUT2D eigenvalue weighted by Gasteiger charge is 2.09. The number of thiophene rings is 1. The molecular weight excluding hydrogens is 649 g/mol. The molecule has 4 aromatic rings. The van der Waals surface area contributed by atoms with Crippen LogP contribution in [0.3, 0.4) is 0 Å². The number of aromatic nitrogens is 1. The summed E-state index contributed by atoms with van der Waals surface area (Å²) in [5.41, 5.74) is 2.47. The van der Waals surface area contributed by atoms with Crippen LogP contribution < -0.4 is 9.64 Å². The van der Waals surface area contributed by atoms with Gasteiger partial charge < -0.3 is 19.1 Å². The quantitative estimate of drug-likeness (QED) is 0.0483. The van der Waals surface area contributed by atoms with Gasteiger partial charge in [-0.15, -0.1) is 20.5 Å². The molecule has 0 saturated heterocycles. The first kappa shape index (κ1) is 36.6. The van der Waals surface area contributed by atoms with Gasteiger partial charge in [-0.05, 0) is 67.4 Å². The number of unbranched alkanes of at least 4 members (excludes halogenated alkanes) is 6. The lowest BCUT2D eigenvalue weighted by atomic mass is 10.1. The number of azo groups is 2. The molecule has 13 heteroatoms. The summed E-state index contributed by atoms with van der Waals surface area (Å²) in [4.78, 5) is 29.9. The van der Waals surface area contributed by atoms with Gasteiger partial charge in [0.05, 0.1) is 35.8 Å². The van der Waals surface area contributed by atoms with Gasteiger partial charge in [0.25, 0.3) is 0 Å². The lowest BCUT2D eigenvalue weighted by molar-refractivity contribution is -0.144. The molecule has 0 spiro atoms. The lowest BCUT2D eigenvalue weighted by Gasteiger charge is -2.19. The van der Waals surface area contributed by atoms with E-state index in [9.17, 15) is 9.59 Å². The highest BCUT2D eigenvalue weighted by atomic mass is 32.1. The lowest BCUT2D eigenvalue weighted by Crippen LogP contribution is -2.23. The van der Waals surface area contributed by atoms with E-state index in [-0.39, 0.29) is 11.9 Å². The van der Waals surface area contributed by atoms with Crippen molar-refractivity contribution in [1.82, 2.24) is 4.98 Å². The summed E-state index contributed by atoms with van der Waals surface area (Å²) >= 11 is 2.92. The van der Waals surface area contributed by atoms with Crippen molar-refractivity contribution < 1.29 is 23.8 Å². The van der Waals surface area contributed by atoms with E-state index in [0.717, 1.165) is 63.0 Å². The normalized spacial score (nSPS) is 11.5. The van der Waals surface area contributed by atoms with Crippen molar-refractivity contribution in [1.29, 1.82) is 0 Å². The van der Waals surface area contributed by atoms with E-state index in [1.54, 1.807) is 6.92 Å². The number of anilines is 1. The van der Waals surface area contributed by atoms with Gasteiger partial charge in [-0.25, -0.2) is 4.98 Å². The van der Waals surface area contributed by atoms with Crippen LogP contribution in [0.5, 0.6) is 5.75 Å². The predicted octanol–water partition coefficient (Wildman–Crippen LogP) is 10.6. The molecule has 0 fully saturated rings. The molecule has 0 unspecified atom stereocenters. The molecule has 0 radical (unpaired) electrons. The minimum absolute atomic E-state index is 0.114. The van der Waals surface area contributed by atoms with Crippen LogP contribution in [0.25, 0.3) is 9.53 Å². The second-order valence-electron chi connectivity index (χ2n) is 11.1. The summed E-state index contributed by atoms with van der Waals surface area (Å²) in [5, 5.41) is 18.8. The van der Waals surface area contributed by atoms with Crippen molar-refractivity contribution >= 4 is 71.3 Å². The van der Waals surface area contributed by atoms with Crippen LogP contribution in [0.2, 0.25) is 0 Å². The van der Waals surface area contributed by atoms with Crippen LogP contribution in [0.15, 0.2) is 75.1 Å². The fraction of sp³-hybridized carbons (Fsp3) is 0.457. The molecule has 2 heterocycles. The zero-order chi connectivity index (χ0) is 34.0. The predicted molar refractivity (Wildman–Crippen MR) is 192 cm³/mol. The summed E-state index contributed by atoms with van der Waals surface area (Å²) in [6.45, 7) is 5.79. The second-order valence-corrected chi connectivity index (χ2v) is 13.1. The number of carbonyl (C=O) groups is 2. The van der Waals surface area contributed by atoms with E-state index >= 15 is 0 Å². The third-order valence-electron chi connectivity index (χ3n) is 7.29. The maximum Gasteiger partial charge on any atom is 0.305 e. The third-order valence-corrected chi connectivity index (χ3v) is 9.22. The molecule has 11 nitrogen and oxygen atoms in total. The molecule has 0 N–H and O–H groups in total. The van der Waals surface area contributed by atoms with Crippen molar-refractivity contribution in [3.8, 4) is 5.75 Å². The molecule has 2 aromatic carbocycles. The smallest absolute Gasteiger partial charge is 0.305 e. The Labute approximate surface area is 290 Å². The van der Waals surface area contributed by atoms with Crippen LogP contribution in [0, 0.1) is 0 Å². The van der Waals surface area contributed by atoms with E-state index in [2.05, 4.69) is 25.4 Å².